The predicted octanol–water partition coefficient (Wildman–Crippen LogP) is 4.46. The molecule has 1 aliphatic heterocycles. The number of phenolic OH excluding ortho intramolecular Hbond substituents is 1. The molecular formula is C26H32BrNO7S. The molecule has 0 amide bonds. The summed E-state index contributed by atoms with van der Waals surface area (Å²) in [6, 6.07) is 3.28. The van der Waals surface area contributed by atoms with Gasteiger partial charge in [-0.2, -0.15) is 11.8 Å². The number of aromatic hydroxyl groups is 1. The highest BCUT2D eigenvalue weighted by Gasteiger charge is 2.47. The van der Waals surface area contributed by atoms with Crippen molar-refractivity contribution in [2.45, 2.75) is 40.0 Å². The molecule has 10 heteroatoms. The summed E-state index contributed by atoms with van der Waals surface area (Å²) in [5.41, 5.74) is 2.39. The van der Waals surface area contributed by atoms with Crippen LogP contribution >= 0.6 is 27.7 Å². The fourth-order valence-electron chi connectivity index (χ4n) is 4.73. The number of esters is 2. The van der Waals surface area contributed by atoms with Crippen LogP contribution in [0.5, 0.6) is 11.5 Å². The van der Waals surface area contributed by atoms with Gasteiger partial charge in [0.15, 0.2) is 17.3 Å². The molecule has 3 rings (SSSR count). The van der Waals surface area contributed by atoms with Crippen molar-refractivity contribution in [3.8, 4) is 11.5 Å². The van der Waals surface area contributed by atoms with E-state index >= 15 is 0 Å². The van der Waals surface area contributed by atoms with Gasteiger partial charge in [-0.15, -0.1) is 0 Å². The van der Waals surface area contributed by atoms with Crippen LogP contribution in [0.15, 0.2) is 39.1 Å². The van der Waals surface area contributed by atoms with E-state index in [1.807, 2.05) is 13.8 Å². The molecule has 3 atom stereocenters. The Kier molecular flexibility index (Phi) is 9.52. The molecule has 1 aromatic carbocycles. The summed E-state index contributed by atoms with van der Waals surface area (Å²) in [4.78, 5) is 39.8. The molecule has 0 saturated carbocycles. The molecule has 8 nitrogen and oxygen atoms in total. The first-order chi connectivity index (χ1) is 17.2. The summed E-state index contributed by atoms with van der Waals surface area (Å²) in [6.45, 7) is 7.96. The Labute approximate surface area is 223 Å². The van der Waals surface area contributed by atoms with Crippen molar-refractivity contribution in [3.63, 3.8) is 0 Å². The molecule has 1 aromatic rings. The second-order valence-electron chi connectivity index (χ2n) is 8.65. The van der Waals surface area contributed by atoms with Crippen molar-refractivity contribution in [1.82, 2.24) is 5.32 Å². The van der Waals surface area contributed by atoms with Gasteiger partial charge in [0.2, 0.25) is 0 Å². The maximum Gasteiger partial charge on any atom is 0.336 e. The van der Waals surface area contributed by atoms with Gasteiger partial charge in [0.05, 0.1) is 23.8 Å². The number of halogens is 1. The fraction of sp³-hybridized carbons (Fsp3) is 0.500. The van der Waals surface area contributed by atoms with Gasteiger partial charge in [0.1, 0.15) is 12.5 Å². The highest BCUT2D eigenvalue weighted by molar-refractivity contribution is 9.10. The van der Waals surface area contributed by atoms with Gasteiger partial charge in [-0.05, 0) is 65.6 Å². The molecule has 1 heterocycles. The van der Waals surface area contributed by atoms with Crippen molar-refractivity contribution in [3.05, 3.63) is 44.7 Å². The first kappa shape index (κ1) is 28.1. The van der Waals surface area contributed by atoms with Gasteiger partial charge >= 0.3 is 11.9 Å². The molecule has 2 N–H and O–H groups in total. The molecule has 0 bridgehead atoms. The normalized spacial score (nSPS) is 21.6. The van der Waals surface area contributed by atoms with Gasteiger partial charge in [-0.3, -0.25) is 9.59 Å². The molecule has 0 saturated heterocycles. The van der Waals surface area contributed by atoms with Gasteiger partial charge in [0.25, 0.3) is 0 Å². The lowest BCUT2D eigenvalue weighted by Gasteiger charge is -2.38. The third-order valence-corrected chi connectivity index (χ3v) is 7.78. The number of benzene rings is 1. The number of phenols is 1. The Bertz CT molecular complexity index is 1110. The lowest BCUT2D eigenvalue weighted by atomic mass is 9.69. The van der Waals surface area contributed by atoms with E-state index < -0.39 is 29.6 Å². The van der Waals surface area contributed by atoms with Crippen LogP contribution in [0.2, 0.25) is 0 Å². The SMILES string of the molecule is CCOc1cc([C@H]2C(C(=O)OCCSCC)=C(C)NC3=C2C(=O)[C@@H](C(=O)OC)[C@@H](C)C3)cc(Br)c1O. The molecule has 0 spiro atoms. The van der Waals surface area contributed by atoms with Crippen LogP contribution < -0.4 is 10.1 Å². The van der Waals surface area contributed by atoms with E-state index in [1.165, 1.54) is 7.11 Å². The van der Waals surface area contributed by atoms with Crippen molar-refractivity contribution in [1.29, 1.82) is 0 Å². The molecule has 2 aliphatic rings. The van der Waals surface area contributed by atoms with E-state index in [9.17, 15) is 19.5 Å². The van der Waals surface area contributed by atoms with Gasteiger partial charge < -0.3 is 24.6 Å². The maximum absolute atomic E-state index is 13.8. The number of nitrogens with one attached hydrogen (secondary N) is 1. The summed E-state index contributed by atoms with van der Waals surface area (Å²) >= 11 is 5.02. The van der Waals surface area contributed by atoms with Crippen LogP contribution in [0.25, 0.3) is 0 Å². The second kappa shape index (κ2) is 12.2. The first-order valence-corrected chi connectivity index (χ1v) is 13.8. The largest absolute Gasteiger partial charge is 0.503 e. The molecule has 0 unspecified atom stereocenters. The zero-order valence-corrected chi connectivity index (χ0v) is 23.5. The van der Waals surface area contributed by atoms with Crippen LogP contribution in [0.1, 0.15) is 45.6 Å². The molecule has 0 radical (unpaired) electrons. The highest BCUT2D eigenvalue weighted by Crippen LogP contribution is 2.48. The van der Waals surface area contributed by atoms with Gasteiger partial charge in [0, 0.05) is 28.6 Å². The van der Waals surface area contributed by atoms with Crippen molar-refractivity contribution in [2.24, 2.45) is 11.8 Å². The van der Waals surface area contributed by atoms with E-state index in [4.69, 9.17) is 14.2 Å². The van der Waals surface area contributed by atoms with E-state index in [1.54, 1.807) is 37.7 Å². The number of carbonyl (C=O) groups is 3. The van der Waals surface area contributed by atoms with E-state index in [2.05, 4.69) is 21.2 Å². The first-order valence-electron chi connectivity index (χ1n) is 11.9. The highest BCUT2D eigenvalue weighted by atomic mass is 79.9. The average Bonchev–Trinajstić information content (AvgIpc) is 2.83. The Morgan fingerprint density at radius 2 is 2.00 bits per heavy atom. The van der Waals surface area contributed by atoms with Crippen LogP contribution in [0.4, 0.5) is 0 Å². The van der Waals surface area contributed by atoms with Crippen molar-refractivity contribution in [2.75, 3.05) is 31.8 Å². The molecule has 36 heavy (non-hydrogen) atoms. The summed E-state index contributed by atoms with van der Waals surface area (Å²) in [5.74, 6) is -1.94. The number of dihydropyridines is 1. The van der Waals surface area contributed by atoms with Crippen LogP contribution in [0.3, 0.4) is 0 Å². The van der Waals surface area contributed by atoms with Crippen molar-refractivity contribution < 1.29 is 33.7 Å². The topological polar surface area (TPSA) is 111 Å². The monoisotopic (exact) mass is 581 g/mol. The predicted molar refractivity (Wildman–Crippen MR) is 141 cm³/mol. The van der Waals surface area contributed by atoms with Gasteiger partial charge in [-0.25, -0.2) is 4.79 Å². The van der Waals surface area contributed by atoms with Crippen LogP contribution in [0, 0.1) is 11.8 Å². The fourth-order valence-corrected chi connectivity index (χ4v) is 5.68. The smallest absolute Gasteiger partial charge is 0.336 e. The number of Topliss-reactive ketones (excluding diaryl/α,β-unsaturated/α-hetero) is 1. The lowest BCUT2D eigenvalue weighted by Crippen LogP contribution is -2.43. The molecular weight excluding hydrogens is 550 g/mol. The number of methoxy groups -OCH3 is 1. The Morgan fingerprint density at radius 1 is 1.28 bits per heavy atom. The molecule has 1 aliphatic carbocycles. The van der Waals surface area contributed by atoms with E-state index in [0.717, 1.165) is 5.75 Å². The zero-order chi connectivity index (χ0) is 26.6. The minimum absolute atomic E-state index is 0.0822. The number of thioether (sulfide) groups is 1. The third kappa shape index (κ3) is 5.59. The third-order valence-electron chi connectivity index (χ3n) is 6.31. The Morgan fingerprint density at radius 3 is 2.64 bits per heavy atom. The van der Waals surface area contributed by atoms with Crippen LogP contribution in [-0.2, 0) is 23.9 Å². The standard InChI is InChI=1S/C26H32BrNO7S/c1-6-34-18-12-15(11-16(27)23(18)29)21-20(26(32)35-8-9-36-7-2)14(4)28-17-10-13(3)19(25(31)33-5)24(30)22(17)21/h11-13,19,21,28-29H,6-10H2,1-5H3/t13-,19-,21-/m0/s1. The summed E-state index contributed by atoms with van der Waals surface area (Å²) in [5, 5.41) is 13.7. The summed E-state index contributed by atoms with van der Waals surface area (Å²) < 4.78 is 16.5. The number of rotatable bonds is 9. The quantitative estimate of drug-likeness (QED) is 0.248. The average molecular weight is 583 g/mol. The Balaban J connectivity index is 2.17. The number of hydrogen-bond acceptors (Lipinski definition) is 9. The van der Waals surface area contributed by atoms with Crippen molar-refractivity contribution >= 4 is 45.4 Å². The van der Waals surface area contributed by atoms with Crippen LogP contribution in [-0.4, -0.2) is 54.7 Å². The second-order valence-corrected chi connectivity index (χ2v) is 10.9. The minimum Gasteiger partial charge on any atom is -0.503 e. The maximum atomic E-state index is 13.8. The van der Waals surface area contributed by atoms with E-state index in [-0.39, 0.29) is 29.6 Å². The Hall–Kier alpha value is -2.46. The number of ether oxygens (including phenoxy) is 3. The number of carbonyl (C=O) groups excluding carboxylic acids is 3. The number of hydrogen-bond donors (Lipinski definition) is 2. The van der Waals surface area contributed by atoms with E-state index in [0.29, 0.717) is 45.8 Å². The zero-order valence-electron chi connectivity index (χ0n) is 21.1. The number of allylic oxidation sites excluding steroid dienone is 3. The molecule has 196 valence electrons. The lowest BCUT2D eigenvalue weighted by molar-refractivity contribution is -0.151. The number of ketones is 1. The minimum atomic E-state index is -0.985. The van der Waals surface area contributed by atoms with Gasteiger partial charge in [-0.1, -0.05) is 13.8 Å². The summed E-state index contributed by atoms with van der Waals surface area (Å²) in [6.07, 6.45) is 0.432. The summed E-state index contributed by atoms with van der Waals surface area (Å²) in [7, 11) is 1.26. The molecule has 0 aromatic heterocycles. The molecule has 0 fully saturated rings.